The molecular weight excluding hydrogens is 253 g/mol. The number of nitrogens with two attached hydrogens (primary N) is 1. The van der Waals surface area contributed by atoms with Gasteiger partial charge >= 0.3 is 5.97 Å². The minimum atomic E-state index is -1.01. The molecule has 0 saturated carbocycles. The SMILES string of the molecule is NC(CC(=O)O)c1cc(F)ccc1Br. The topological polar surface area (TPSA) is 63.3 Å². The molecule has 1 rings (SSSR count). The minimum Gasteiger partial charge on any atom is -0.481 e. The van der Waals surface area contributed by atoms with E-state index >= 15 is 0 Å². The quantitative estimate of drug-likeness (QED) is 0.876. The van der Waals surface area contributed by atoms with E-state index < -0.39 is 17.8 Å². The van der Waals surface area contributed by atoms with Crippen LogP contribution in [0.25, 0.3) is 0 Å². The largest absolute Gasteiger partial charge is 0.481 e. The van der Waals surface area contributed by atoms with Crippen LogP contribution in [0.4, 0.5) is 4.39 Å². The third-order valence-corrected chi connectivity index (χ3v) is 2.47. The van der Waals surface area contributed by atoms with Crippen LogP contribution in [0.3, 0.4) is 0 Å². The zero-order valence-electron chi connectivity index (χ0n) is 7.21. The Bertz CT molecular complexity index is 357. The van der Waals surface area contributed by atoms with Gasteiger partial charge in [-0.3, -0.25) is 4.79 Å². The standard InChI is InChI=1S/C9H9BrFNO2/c10-7-2-1-5(11)3-6(7)8(12)4-9(13)14/h1-3,8H,4,12H2,(H,13,14). The van der Waals surface area contributed by atoms with Crippen molar-refractivity contribution >= 4 is 21.9 Å². The second-order valence-electron chi connectivity index (χ2n) is 2.87. The van der Waals surface area contributed by atoms with Crippen molar-refractivity contribution in [1.82, 2.24) is 0 Å². The van der Waals surface area contributed by atoms with Gasteiger partial charge in [0.05, 0.1) is 6.42 Å². The van der Waals surface area contributed by atoms with Gasteiger partial charge in [0.2, 0.25) is 0 Å². The first-order valence-electron chi connectivity index (χ1n) is 3.93. The van der Waals surface area contributed by atoms with Gasteiger partial charge in [0, 0.05) is 10.5 Å². The second kappa shape index (κ2) is 4.52. The van der Waals surface area contributed by atoms with E-state index in [4.69, 9.17) is 10.8 Å². The molecule has 0 fully saturated rings. The number of benzene rings is 1. The molecule has 1 atom stereocenters. The first kappa shape index (κ1) is 11.1. The van der Waals surface area contributed by atoms with Gasteiger partial charge in [0.1, 0.15) is 5.82 Å². The van der Waals surface area contributed by atoms with Crippen LogP contribution in [0, 0.1) is 5.82 Å². The Morgan fingerprint density at radius 1 is 1.64 bits per heavy atom. The lowest BCUT2D eigenvalue weighted by Gasteiger charge is -2.11. The molecule has 0 spiro atoms. The molecule has 5 heteroatoms. The van der Waals surface area contributed by atoms with Crippen LogP contribution in [0.2, 0.25) is 0 Å². The molecule has 0 bridgehead atoms. The molecule has 1 aromatic carbocycles. The van der Waals surface area contributed by atoms with E-state index in [1.807, 2.05) is 0 Å². The number of carbonyl (C=O) groups is 1. The Labute approximate surface area is 88.9 Å². The van der Waals surface area contributed by atoms with E-state index in [1.54, 1.807) is 0 Å². The Hall–Kier alpha value is -0.940. The summed E-state index contributed by atoms with van der Waals surface area (Å²) in [6, 6.07) is 3.32. The first-order chi connectivity index (χ1) is 6.50. The summed E-state index contributed by atoms with van der Waals surface area (Å²) >= 11 is 3.18. The van der Waals surface area contributed by atoms with Crippen molar-refractivity contribution in [3.05, 3.63) is 34.1 Å². The van der Waals surface area contributed by atoms with Crippen molar-refractivity contribution < 1.29 is 14.3 Å². The lowest BCUT2D eigenvalue weighted by atomic mass is 10.1. The summed E-state index contributed by atoms with van der Waals surface area (Å²) < 4.78 is 13.4. The number of halogens is 2. The fraction of sp³-hybridized carbons (Fsp3) is 0.222. The van der Waals surface area contributed by atoms with Gasteiger partial charge in [-0.1, -0.05) is 15.9 Å². The highest BCUT2D eigenvalue weighted by atomic mass is 79.9. The second-order valence-corrected chi connectivity index (χ2v) is 3.72. The Morgan fingerprint density at radius 2 is 2.29 bits per heavy atom. The summed E-state index contributed by atoms with van der Waals surface area (Å²) in [6.45, 7) is 0. The maximum atomic E-state index is 12.8. The van der Waals surface area contributed by atoms with Gasteiger partial charge in [0.15, 0.2) is 0 Å². The van der Waals surface area contributed by atoms with Gasteiger partial charge in [-0.15, -0.1) is 0 Å². The molecule has 0 amide bonds. The van der Waals surface area contributed by atoms with Gasteiger partial charge in [-0.25, -0.2) is 4.39 Å². The number of rotatable bonds is 3. The summed E-state index contributed by atoms with van der Waals surface area (Å²) in [4.78, 5) is 10.4. The summed E-state index contributed by atoms with van der Waals surface area (Å²) in [5, 5.41) is 8.52. The first-order valence-corrected chi connectivity index (χ1v) is 4.72. The summed E-state index contributed by atoms with van der Waals surface area (Å²) in [6.07, 6.45) is -0.220. The van der Waals surface area contributed by atoms with Crippen LogP contribution in [0.1, 0.15) is 18.0 Å². The number of aliphatic carboxylic acids is 1. The van der Waals surface area contributed by atoms with Crippen LogP contribution >= 0.6 is 15.9 Å². The fourth-order valence-corrected chi connectivity index (χ4v) is 1.64. The smallest absolute Gasteiger partial charge is 0.305 e. The lowest BCUT2D eigenvalue weighted by Crippen LogP contribution is -2.15. The maximum absolute atomic E-state index is 12.8. The van der Waals surface area contributed by atoms with Gasteiger partial charge in [0.25, 0.3) is 0 Å². The van der Waals surface area contributed by atoms with Crippen molar-refractivity contribution in [3.8, 4) is 0 Å². The molecule has 3 nitrogen and oxygen atoms in total. The van der Waals surface area contributed by atoms with E-state index in [-0.39, 0.29) is 6.42 Å². The monoisotopic (exact) mass is 261 g/mol. The molecule has 0 aliphatic rings. The molecule has 1 unspecified atom stereocenters. The van der Waals surface area contributed by atoms with Gasteiger partial charge < -0.3 is 10.8 Å². The van der Waals surface area contributed by atoms with Gasteiger partial charge in [-0.05, 0) is 23.8 Å². The number of carboxylic acids is 1. The zero-order chi connectivity index (χ0) is 10.7. The summed E-state index contributed by atoms with van der Waals surface area (Å²) in [7, 11) is 0. The Balaban J connectivity index is 2.93. The van der Waals surface area contributed by atoms with Crippen LogP contribution in [0.5, 0.6) is 0 Å². The van der Waals surface area contributed by atoms with Crippen LogP contribution in [-0.2, 0) is 4.79 Å². The molecule has 0 aliphatic carbocycles. The molecule has 0 radical (unpaired) electrons. The molecule has 76 valence electrons. The van der Waals surface area contributed by atoms with Gasteiger partial charge in [-0.2, -0.15) is 0 Å². The van der Waals surface area contributed by atoms with Crippen molar-refractivity contribution in [2.45, 2.75) is 12.5 Å². The fourth-order valence-electron chi connectivity index (χ4n) is 1.10. The molecule has 0 aliphatic heterocycles. The van der Waals surface area contributed by atoms with Crippen LogP contribution < -0.4 is 5.73 Å². The average molecular weight is 262 g/mol. The van der Waals surface area contributed by atoms with Crippen molar-refractivity contribution in [3.63, 3.8) is 0 Å². The molecule has 1 aromatic rings. The maximum Gasteiger partial charge on any atom is 0.305 e. The van der Waals surface area contributed by atoms with E-state index in [2.05, 4.69) is 15.9 Å². The van der Waals surface area contributed by atoms with E-state index in [1.165, 1.54) is 18.2 Å². The lowest BCUT2D eigenvalue weighted by molar-refractivity contribution is -0.137. The Kier molecular flexibility index (Phi) is 3.60. The highest BCUT2D eigenvalue weighted by Crippen LogP contribution is 2.24. The minimum absolute atomic E-state index is 0.220. The normalized spacial score (nSPS) is 12.5. The van der Waals surface area contributed by atoms with E-state index in [0.29, 0.717) is 10.0 Å². The summed E-state index contributed by atoms with van der Waals surface area (Å²) in [5.41, 5.74) is 6.05. The van der Waals surface area contributed by atoms with Crippen molar-refractivity contribution in [2.75, 3.05) is 0 Å². The molecule has 0 aromatic heterocycles. The predicted molar refractivity (Wildman–Crippen MR) is 53.3 cm³/mol. The van der Waals surface area contributed by atoms with E-state index in [0.717, 1.165) is 0 Å². The highest BCUT2D eigenvalue weighted by molar-refractivity contribution is 9.10. The molecule has 14 heavy (non-hydrogen) atoms. The highest BCUT2D eigenvalue weighted by Gasteiger charge is 2.14. The van der Waals surface area contributed by atoms with E-state index in [9.17, 15) is 9.18 Å². The predicted octanol–water partition coefficient (Wildman–Crippen LogP) is 2.06. The van der Waals surface area contributed by atoms with Crippen molar-refractivity contribution in [1.29, 1.82) is 0 Å². The van der Waals surface area contributed by atoms with Crippen LogP contribution in [-0.4, -0.2) is 11.1 Å². The number of hydrogen-bond donors (Lipinski definition) is 2. The molecule has 0 heterocycles. The van der Waals surface area contributed by atoms with Crippen molar-refractivity contribution in [2.24, 2.45) is 5.73 Å². The third-order valence-electron chi connectivity index (χ3n) is 1.75. The Morgan fingerprint density at radius 3 is 2.86 bits per heavy atom. The summed E-state index contributed by atoms with van der Waals surface area (Å²) in [5.74, 6) is -1.43. The number of carboxylic acid groups (broad SMARTS) is 1. The molecule has 0 saturated heterocycles. The molecular formula is C9H9BrFNO2. The zero-order valence-corrected chi connectivity index (χ0v) is 8.79. The average Bonchev–Trinajstić information content (AvgIpc) is 2.08. The van der Waals surface area contributed by atoms with Crippen LogP contribution in [0.15, 0.2) is 22.7 Å². The number of hydrogen-bond acceptors (Lipinski definition) is 2. The molecule has 3 N–H and O–H groups in total. The third kappa shape index (κ3) is 2.78.